The van der Waals surface area contributed by atoms with Gasteiger partial charge in [0.15, 0.2) is 0 Å². The lowest BCUT2D eigenvalue weighted by atomic mass is 9.95. The molecule has 0 radical (unpaired) electrons. The highest BCUT2D eigenvalue weighted by Gasteiger charge is 2.34. The number of carbonyl (C=O) groups excluding carboxylic acids is 1. The first-order valence-electron chi connectivity index (χ1n) is 9.10. The van der Waals surface area contributed by atoms with Crippen molar-refractivity contribution in [2.45, 2.75) is 51.6 Å². The van der Waals surface area contributed by atoms with E-state index in [2.05, 4.69) is 35.3 Å². The molecule has 25 heavy (non-hydrogen) atoms. The summed E-state index contributed by atoms with van der Waals surface area (Å²) in [4.78, 5) is 28.0. The molecule has 6 heteroatoms. The lowest BCUT2D eigenvalue weighted by Crippen LogP contribution is -2.43. The van der Waals surface area contributed by atoms with Gasteiger partial charge >= 0.3 is 0 Å². The SMILES string of the molecule is CCC1=NO[C@@H](C(=O)N2CCC(c3nc4ccc(C)cc4[nH]3)CC2)C1. The Morgan fingerprint density at radius 1 is 1.36 bits per heavy atom. The quantitative estimate of drug-likeness (QED) is 0.933. The smallest absolute Gasteiger partial charge is 0.266 e. The maximum absolute atomic E-state index is 12.6. The first-order valence-corrected chi connectivity index (χ1v) is 9.10. The molecule has 0 spiro atoms. The molecule has 0 bridgehead atoms. The minimum atomic E-state index is -0.416. The summed E-state index contributed by atoms with van der Waals surface area (Å²) in [6.45, 7) is 5.62. The maximum atomic E-state index is 12.6. The molecule has 2 aromatic rings. The Morgan fingerprint density at radius 3 is 2.88 bits per heavy atom. The van der Waals surface area contributed by atoms with Crippen molar-refractivity contribution in [3.63, 3.8) is 0 Å². The van der Waals surface area contributed by atoms with Gasteiger partial charge < -0.3 is 14.7 Å². The number of nitrogens with one attached hydrogen (secondary N) is 1. The zero-order chi connectivity index (χ0) is 17.4. The first-order chi connectivity index (χ1) is 12.1. The number of amides is 1. The van der Waals surface area contributed by atoms with E-state index in [0.29, 0.717) is 12.3 Å². The summed E-state index contributed by atoms with van der Waals surface area (Å²) in [5.41, 5.74) is 4.32. The van der Waals surface area contributed by atoms with E-state index in [4.69, 9.17) is 9.82 Å². The number of oxime groups is 1. The number of aryl methyl sites for hydroxylation is 1. The number of hydrogen-bond acceptors (Lipinski definition) is 4. The van der Waals surface area contributed by atoms with Crippen LogP contribution in [-0.4, -0.2) is 45.7 Å². The van der Waals surface area contributed by atoms with E-state index >= 15 is 0 Å². The number of aromatic nitrogens is 2. The Morgan fingerprint density at radius 2 is 2.16 bits per heavy atom. The molecule has 1 aromatic carbocycles. The van der Waals surface area contributed by atoms with Crippen LogP contribution in [0.1, 0.15) is 49.9 Å². The number of hydrogen-bond donors (Lipinski definition) is 1. The molecule has 1 fully saturated rings. The first kappa shape index (κ1) is 16.1. The number of rotatable bonds is 3. The van der Waals surface area contributed by atoms with Gasteiger partial charge in [0, 0.05) is 25.4 Å². The van der Waals surface area contributed by atoms with Crippen LogP contribution in [0.15, 0.2) is 23.4 Å². The van der Waals surface area contributed by atoms with Crippen molar-refractivity contribution in [2.75, 3.05) is 13.1 Å². The summed E-state index contributed by atoms with van der Waals surface area (Å²) in [5.74, 6) is 1.50. The Balaban J connectivity index is 1.38. The van der Waals surface area contributed by atoms with Gasteiger partial charge in [0.05, 0.1) is 16.7 Å². The third kappa shape index (κ3) is 3.13. The fourth-order valence-corrected chi connectivity index (χ4v) is 3.68. The molecule has 1 atom stereocenters. The largest absolute Gasteiger partial charge is 0.382 e. The van der Waals surface area contributed by atoms with Crippen molar-refractivity contribution >= 4 is 22.7 Å². The van der Waals surface area contributed by atoms with Crippen LogP contribution in [0.25, 0.3) is 11.0 Å². The Kier molecular flexibility index (Phi) is 4.19. The second kappa shape index (κ2) is 6.50. The van der Waals surface area contributed by atoms with E-state index in [0.717, 1.165) is 54.9 Å². The van der Waals surface area contributed by atoms with Gasteiger partial charge in [0.2, 0.25) is 6.10 Å². The molecule has 132 valence electrons. The summed E-state index contributed by atoms with van der Waals surface area (Å²) < 4.78 is 0. The molecule has 0 aliphatic carbocycles. The zero-order valence-electron chi connectivity index (χ0n) is 14.8. The summed E-state index contributed by atoms with van der Waals surface area (Å²) in [6, 6.07) is 6.28. The highest BCUT2D eigenvalue weighted by Crippen LogP contribution is 2.29. The fourth-order valence-electron chi connectivity index (χ4n) is 3.68. The fraction of sp³-hybridized carbons (Fsp3) is 0.526. The van der Waals surface area contributed by atoms with Gasteiger partial charge in [-0.1, -0.05) is 18.1 Å². The summed E-state index contributed by atoms with van der Waals surface area (Å²) in [6.07, 6.45) is 2.92. The molecule has 4 rings (SSSR count). The van der Waals surface area contributed by atoms with Crippen LogP contribution < -0.4 is 0 Å². The van der Waals surface area contributed by atoms with Crippen molar-refractivity contribution in [3.8, 4) is 0 Å². The van der Waals surface area contributed by atoms with Crippen LogP contribution in [0, 0.1) is 6.92 Å². The molecular weight excluding hydrogens is 316 g/mol. The lowest BCUT2D eigenvalue weighted by molar-refractivity contribution is -0.143. The van der Waals surface area contributed by atoms with E-state index in [1.165, 1.54) is 5.56 Å². The third-order valence-corrected chi connectivity index (χ3v) is 5.26. The summed E-state index contributed by atoms with van der Waals surface area (Å²) in [5, 5.41) is 4.00. The number of piperidine rings is 1. The van der Waals surface area contributed by atoms with Crippen molar-refractivity contribution in [2.24, 2.45) is 5.16 Å². The molecular formula is C19H24N4O2. The van der Waals surface area contributed by atoms with Gasteiger partial charge in [-0.2, -0.15) is 0 Å². The average Bonchev–Trinajstić information content (AvgIpc) is 3.27. The van der Waals surface area contributed by atoms with Gasteiger partial charge in [0.25, 0.3) is 5.91 Å². The van der Waals surface area contributed by atoms with Crippen LogP contribution >= 0.6 is 0 Å². The van der Waals surface area contributed by atoms with Crippen molar-refractivity contribution in [1.82, 2.24) is 14.9 Å². The maximum Gasteiger partial charge on any atom is 0.266 e. The highest BCUT2D eigenvalue weighted by atomic mass is 16.6. The van der Waals surface area contributed by atoms with E-state index in [1.54, 1.807) is 0 Å². The van der Waals surface area contributed by atoms with Gasteiger partial charge in [-0.25, -0.2) is 4.98 Å². The van der Waals surface area contributed by atoms with Gasteiger partial charge in [-0.15, -0.1) is 0 Å². The number of nitrogens with zero attached hydrogens (tertiary/aromatic N) is 3. The van der Waals surface area contributed by atoms with E-state index in [9.17, 15) is 4.79 Å². The molecule has 0 saturated carbocycles. The normalized spacial score (nSPS) is 21.4. The van der Waals surface area contributed by atoms with Gasteiger partial charge in [0.1, 0.15) is 5.82 Å². The van der Waals surface area contributed by atoms with E-state index in [-0.39, 0.29) is 5.91 Å². The van der Waals surface area contributed by atoms with Gasteiger partial charge in [-0.05, 0) is 43.9 Å². The second-order valence-electron chi connectivity index (χ2n) is 7.05. The van der Waals surface area contributed by atoms with Crippen LogP contribution in [0.2, 0.25) is 0 Å². The monoisotopic (exact) mass is 340 g/mol. The number of aromatic amines is 1. The predicted octanol–water partition coefficient (Wildman–Crippen LogP) is 3.13. The number of likely N-dealkylation sites (tertiary alicyclic amines) is 1. The van der Waals surface area contributed by atoms with Crippen LogP contribution in [0.4, 0.5) is 0 Å². The number of fused-ring (bicyclic) bond motifs is 1. The lowest BCUT2D eigenvalue weighted by Gasteiger charge is -2.32. The Hall–Kier alpha value is -2.37. The Bertz CT molecular complexity index is 818. The van der Waals surface area contributed by atoms with Crippen LogP contribution in [0.5, 0.6) is 0 Å². The van der Waals surface area contributed by atoms with Crippen molar-refractivity contribution < 1.29 is 9.63 Å². The van der Waals surface area contributed by atoms with Crippen LogP contribution in [0.3, 0.4) is 0 Å². The summed E-state index contributed by atoms with van der Waals surface area (Å²) in [7, 11) is 0. The van der Waals surface area contributed by atoms with Crippen LogP contribution in [-0.2, 0) is 9.63 Å². The second-order valence-corrected chi connectivity index (χ2v) is 7.05. The molecule has 2 aliphatic rings. The van der Waals surface area contributed by atoms with Crippen molar-refractivity contribution in [3.05, 3.63) is 29.6 Å². The van der Waals surface area contributed by atoms with Crippen molar-refractivity contribution in [1.29, 1.82) is 0 Å². The predicted molar refractivity (Wildman–Crippen MR) is 96.6 cm³/mol. The van der Waals surface area contributed by atoms with E-state index < -0.39 is 6.10 Å². The highest BCUT2D eigenvalue weighted by molar-refractivity contribution is 5.92. The number of H-pyrrole nitrogens is 1. The third-order valence-electron chi connectivity index (χ3n) is 5.26. The molecule has 6 nitrogen and oxygen atoms in total. The molecule has 1 amide bonds. The number of carbonyl (C=O) groups is 1. The summed E-state index contributed by atoms with van der Waals surface area (Å²) >= 11 is 0. The minimum absolute atomic E-state index is 0.0749. The van der Waals surface area contributed by atoms with Gasteiger partial charge in [-0.3, -0.25) is 4.79 Å². The number of benzene rings is 1. The Labute approximate surface area is 147 Å². The standard InChI is InChI=1S/C19H24N4O2/c1-3-14-11-17(25-22-14)19(24)23-8-6-13(7-9-23)18-20-15-5-4-12(2)10-16(15)21-18/h4-5,10,13,17H,3,6-9,11H2,1-2H3,(H,20,21)/t17-/m1/s1. The topological polar surface area (TPSA) is 70.6 Å². The minimum Gasteiger partial charge on any atom is -0.382 e. The molecule has 1 aromatic heterocycles. The zero-order valence-corrected chi connectivity index (χ0v) is 14.8. The molecule has 3 heterocycles. The van der Waals surface area contributed by atoms with E-state index in [1.807, 2.05) is 11.8 Å². The molecule has 1 N–H and O–H groups in total. The molecule has 2 aliphatic heterocycles. The molecule has 1 saturated heterocycles. The average molecular weight is 340 g/mol. The molecule has 0 unspecified atom stereocenters. The number of imidazole rings is 1.